The second-order valence-corrected chi connectivity index (χ2v) is 6.13. The van der Waals surface area contributed by atoms with Gasteiger partial charge in [0.05, 0.1) is 16.0 Å². The number of H-pyrrole nitrogens is 2. The number of carbonyl (C=O) groups excluding carboxylic acids is 1. The number of halogens is 1. The second kappa shape index (κ2) is 5.30. The third-order valence-electron chi connectivity index (χ3n) is 3.80. The van der Waals surface area contributed by atoms with E-state index >= 15 is 0 Å². The molecule has 2 aromatic rings. The molecule has 1 aromatic heterocycles. The van der Waals surface area contributed by atoms with Crippen LogP contribution in [0.2, 0.25) is 0 Å². The minimum atomic E-state index is -0.885. The van der Waals surface area contributed by atoms with Crippen molar-refractivity contribution in [2.45, 2.75) is 25.8 Å². The monoisotopic (exact) mass is 382 g/mol. The molecule has 0 spiro atoms. The number of hydrogen-bond acceptors (Lipinski definition) is 5. The minimum absolute atomic E-state index is 0.105. The number of rotatable bonds is 2. The number of fused-ring (bicyclic) bond motifs is 3. The molecule has 1 atom stereocenters. The van der Waals surface area contributed by atoms with Crippen molar-refractivity contribution in [2.24, 2.45) is 0 Å². The Hall–Kier alpha value is -2.49. The van der Waals surface area contributed by atoms with E-state index in [-0.39, 0.29) is 34.0 Å². The number of amides is 1. The summed E-state index contributed by atoms with van der Waals surface area (Å²) < 4.78 is 0.105. The van der Waals surface area contributed by atoms with Crippen LogP contribution in [0.5, 0.6) is 0 Å². The third kappa shape index (κ3) is 2.44. The first kappa shape index (κ1) is 15.4. The maximum atomic E-state index is 11.6. The Morgan fingerprint density at radius 2 is 1.78 bits per heavy atom. The number of nitro benzene ring substituents is 1. The number of nitro groups is 1. The highest BCUT2D eigenvalue weighted by Crippen LogP contribution is 2.41. The van der Waals surface area contributed by atoms with Gasteiger partial charge in [-0.05, 0) is 27.9 Å². The van der Waals surface area contributed by atoms with E-state index in [1.165, 1.54) is 6.92 Å². The molecule has 0 aliphatic heterocycles. The third-order valence-corrected chi connectivity index (χ3v) is 4.58. The SMILES string of the molecule is CC(=O)NC1Cc2c([N+](=O)[O-])c(Br)c3[nH]c(=O)c(=O)[nH]c3c2C1. The lowest BCUT2D eigenvalue weighted by Gasteiger charge is -2.08. The Balaban J connectivity index is 2.34. The van der Waals surface area contributed by atoms with Gasteiger partial charge in [0.25, 0.3) is 5.69 Å². The fraction of sp³-hybridized carbons (Fsp3) is 0.308. The Morgan fingerprint density at radius 1 is 1.22 bits per heavy atom. The van der Waals surface area contributed by atoms with Crippen LogP contribution < -0.4 is 16.4 Å². The average molecular weight is 383 g/mol. The Morgan fingerprint density at radius 3 is 2.35 bits per heavy atom. The zero-order chi connectivity index (χ0) is 16.9. The van der Waals surface area contributed by atoms with Gasteiger partial charge in [-0.2, -0.15) is 0 Å². The van der Waals surface area contributed by atoms with Crippen LogP contribution >= 0.6 is 15.9 Å². The number of nitrogens with one attached hydrogen (secondary N) is 3. The topological polar surface area (TPSA) is 138 Å². The maximum Gasteiger partial charge on any atom is 0.314 e. The van der Waals surface area contributed by atoms with Crippen molar-refractivity contribution in [2.75, 3.05) is 0 Å². The van der Waals surface area contributed by atoms with Gasteiger partial charge in [0, 0.05) is 24.9 Å². The van der Waals surface area contributed by atoms with Crippen LogP contribution in [0.25, 0.3) is 11.0 Å². The highest BCUT2D eigenvalue weighted by molar-refractivity contribution is 9.10. The summed E-state index contributed by atoms with van der Waals surface area (Å²) in [7, 11) is 0. The lowest BCUT2D eigenvalue weighted by Crippen LogP contribution is -2.33. The molecule has 120 valence electrons. The lowest BCUT2D eigenvalue weighted by atomic mass is 10.1. The first-order valence-corrected chi connectivity index (χ1v) is 7.50. The summed E-state index contributed by atoms with van der Waals surface area (Å²) in [5.74, 6) is -0.240. The zero-order valence-corrected chi connectivity index (χ0v) is 13.4. The van der Waals surface area contributed by atoms with Crippen LogP contribution in [-0.4, -0.2) is 26.8 Å². The first-order chi connectivity index (χ1) is 10.8. The van der Waals surface area contributed by atoms with E-state index in [9.17, 15) is 24.5 Å². The van der Waals surface area contributed by atoms with Crippen LogP contribution in [0.15, 0.2) is 14.1 Å². The van der Waals surface area contributed by atoms with Crippen molar-refractivity contribution in [3.05, 3.63) is 46.4 Å². The maximum absolute atomic E-state index is 11.6. The van der Waals surface area contributed by atoms with E-state index in [4.69, 9.17) is 0 Å². The van der Waals surface area contributed by atoms with Crippen LogP contribution in [0.3, 0.4) is 0 Å². The standard InChI is InChI=1S/C13H11BrN4O5/c1-4(19)15-5-2-6-7(3-5)11(18(22)23)8(14)10-9(6)16-12(20)13(21)17-10/h5H,2-3H2,1H3,(H,15,19)(H,16,20)(H,17,21). The van der Waals surface area contributed by atoms with Gasteiger partial charge in [0.15, 0.2) is 0 Å². The van der Waals surface area contributed by atoms with E-state index in [1.807, 2.05) is 0 Å². The van der Waals surface area contributed by atoms with E-state index in [0.29, 0.717) is 23.1 Å². The molecule has 10 heteroatoms. The van der Waals surface area contributed by atoms with Gasteiger partial charge in [0.2, 0.25) is 5.91 Å². The van der Waals surface area contributed by atoms with Crippen LogP contribution in [0.1, 0.15) is 18.1 Å². The lowest BCUT2D eigenvalue weighted by molar-refractivity contribution is -0.386. The number of aromatic nitrogens is 2. The summed E-state index contributed by atoms with van der Waals surface area (Å²) in [5, 5.41) is 14.2. The van der Waals surface area contributed by atoms with Gasteiger partial charge in [-0.3, -0.25) is 24.5 Å². The van der Waals surface area contributed by atoms with Gasteiger partial charge in [-0.25, -0.2) is 0 Å². The molecular weight excluding hydrogens is 372 g/mol. The number of carbonyl (C=O) groups is 1. The second-order valence-electron chi connectivity index (χ2n) is 5.34. The Kier molecular flexibility index (Phi) is 3.55. The highest BCUT2D eigenvalue weighted by Gasteiger charge is 2.34. The number of benzene rings is 1. The predicted molar refractivity (Wildman–Crippen MR) is 84.6 cm³/mol. The fourth-order valence-electron chi connectivity index (χ4n) is 2.99. The van der Waals surface area contributed by atoms with Crippen LogP contribution in [0, 0.1) is 10.1 Å². The molecule has 1 amide bonds. The molecule has 0 saturated heterocycles. The van der Waals surface area contributed by atoms with Crippen molar-refractivity contribution in [1.82, 2.24) is 15.3 Å². The smallest absolute Gasteiger partial charge is 0.314 e. The molecule has 0 bridgehead atoms. The molecule has 1 aliphatic carbocycles. The fourth-order valence-corrected chi connectivity index (χ4v) is 3.67. The summed E-state index contributed by atoms with van der Waals surface area (Å²) in [4.78, 5) is 50.1. The molecule has 1 aromatic carbocycles. The molecule has 3 N–H and O–H groups in total. The van der Waals surface area contributed by atoms with E-state index in [0.717, 1.165) is 0 Å². The van der Waals surface area contributed by atoms with Gasteiger partial charge in [-0.15, -0.1) is 0 Å². The summed E-state index contributed by atoms with van der Waals surface area (Å²) in [6, 6.07) is -0.297. The summed E-state index contributed by atoms with van der Waals surface area (Å²) >= 11 is 3.14. The molecule has 9 nitrogen and oxygen atoms in total. The van der Waals surface area contributed by atoms with Gasteiger partial charge >= 0.3 is 11.1 Å². The Labute approximate surface area is 136 Å². The van der Waals surface area contributed by atoms with E-state index < -0.39 is 16.0 Å². The van der Waals surface area contributed by atoms with Crippen LogP contribution in [0.4, 0.5) is 5.69 Å². The predicted octanol–water partition coefficient (Wildman–Crippen LogP) is 0.490. The number of aromatic amines is 2. The van der Waals surface area contributed by atoms with Crippen molar-refractivity contribution in [3.8, 4) is 0 Å². The first-order valence-electron chi connectivity index (χ1n) is 6.70. The van der Waals surface area contributed by atoms with Gasteiger partial charge < -0.3 is 15.3 Å². The molecule has 3 rings (SSSR count). The molecule has 23 heavy (non-hydrogen) atoms. The molecule has 1 heterocycles. The number of hydrogen-bond donors (Lipinski definition) is 3. The molecule has 1 aliphatic rings. The average Bonchev–Trinajstić information content (AvgIpc) is 2.83. The summed E-state index contributed by atoms with van der Waals surface area (Å²) in [6.45, 7) is 1.37. The Bertz CT molecular complexity index is 977. The van der Waals surface area contributed by atoms with Gasteiger partial charge in [-0.1, -0.05) is 0 Å². The van der Waals surface area contributed by atoms with Gasteiger partial charge in [0.1, 0.15) is 4.47 Å². The quantitative estimate of drug-likeness (QED) is 0.394. The van der Waals surface area contributed by atoms with Crippen molar-refractivity contribution in [1.29, 1.82) is 0 Å². The highest BCUT2D eigenvalue weighted by atomic mass is 79.9. The molecular formula is C13H11BrN4O5. The summed E-state index contributed by atoms with van der Waals surface area (Å²) in [6.07, 6.45) is 0.614. The van der Waals surface area contributed by atoms with Crippen molar-refractivity contribution >= 4 is 38.6 Å². The molecule has 0 saturated carbocycles. The van der Waals surface area contributed by atoms with Crippen molar-refractivity contribution < 1.29 is 9.72 Å². The molecule has 0 fully saturated rings. The largest absolute Gasteiger partial charge is 0.353 e. The normalized spacial score (nSPS) is 16.3. The zero-order valence-electron chi connectivity index (χ0n) is 11.9. The number of nitrogens with zero attached hydrogens (tertiary/aromatic N) is 1. The molecule has 1 unspecified atom stereocenters. The summed E-state index contributed by atoms with van der Waals surface area (Å²) in [5.41, 5.74) is -0.369. The van der Waals surface area contributed by atoms with E-state index in [1.54, 1.807) is 0 Å². The minimum Gasteiger partial charge on any atom is -0.353 e. The van der Waals surface area contributed by atoms with Crippen LogP contribution in [-0.2, 0) is 17.6 Å². The van der Waals surface area contributed by atoms with Crippen molar-refractivity contribution in [3.63, 3.8) is 0 Å². The molecule has 0 radical (unpaired) electrons. The van der Waals surface area contributed by atoms with E-state index in [2.05, 4.69) is 31.2 Å².